The highest BCUT2D eigenvalue weighted by molar-refractivity contribution is 9.09. The second kappa shape index (κ2) is 21.4. The van der Waals surface area contributed by atoms with Crippen LogP contribution in [-0.2, 0) is 14.3 Å². The Balaban J connectivity index is 3.44. The van der Waals surface area contributed by atoms with Gasteiger partial charge < -0.3 is 9.47 Å². The third kappa shape index (κ3) is 19.0. The number of rotatable bonds is 21. The summed E-state index contributed by atoms with van der Waals surface area (Å²) in [5, 5.41) is 0.805. The van der Waals surface area contributed by atoms with Crippen LogP contribution in [0.5, 0.6) is 0 Å². The molecule has 28 heavy (non-hydrogen) atoms. The minimum absolute atomic E-state index is 0.214. The van der Waals surface area contributed by atoms with Crippen molar-refractivity contribution >= 4 is 21.9 Å². The number of hydrogen-bond acceptors (Lipinski definition) is 3. The lowest BCUT2D eigenvalue weighted by Crippen LogP contribution is -2.23. The molecule has 0 radical (unpaired) electrons. The summed E-state index contributed by atoms with van der Waals surface area (Å²) in [6.07, 6.45) is 19.4. The van der Waals surface area contributed by atoms with Gasteiger partial charge >= 0.3 is 5.97 Å². The van der Waals surface area contributed by atoms with Crippen molar-refractivity contribution in [1.29, 1.82) is 0 Å². The van der Waals surface area contributed by atoms with E-state index in [1.807, 2.05) is 6.92 Å². The Morgan fingerprint density at radius 3 is 1.71 bits per heavy atom. The lowest BCUT2D eigenvalue weighted by atomic mass is 10.0. The van der Waals surface area contributed by atoms with Gasteiger partial charge in [-0.15, -0.1) is 0 Å². The van der Waals surface area contributed by atoms with Gasteiger partial charge in [0.05, 0.1) is 6.61 Å². The van der Waals surface area contributed by atoms with Gasteiger partial charge in [0.1, 0.15) is 0 Å². The zero-order valence-corrected chi connectivity index (χ0v) is 20.2. The van der Waals surface area contributed by atoms with Crippen molar-refractivity contribution in [3.63, 3.8) is 0 Å². The zero-order valence-electron chi connectivity index (χ0n) is 18.6. The van der Waals surface area contributed by atoms with Crippen LogP contribution >= 0.6 is 15.9 Å². The Labute approximate surface area is 183 Å². The highest BCUT2D eigenvalue weighted by atomic mass is 79.9. The first kappa shape index (κ1) is 27.6. The Morgan fingerprint density at radius 1 is 0.821 bits per heavy atom. The number of unbranched alkanes of at least 4 members (excludes halogenated alkanes) is 13. The van der Waals surface area contributed by atoms with Gasteiger partial charge in [-0.05, 0) is 25.3 Å². The second-order valence-corrected chi connectivity index (χ2v) is 8.72. The van der Waals surface area contributed by atoms with Crippen molar-refractivity contribution in [3.8, 4) is 0 Å². The summed E-state index contributed by atoms with van der Waals surface area (Å²) in [6.45, 7) is 8.61. The first-order chi connectivity index (χ1) is 13.6. The van der Waals surface area contributed by atoms with Crippen LogP contribution in [-0.4, -0.2) is 24.2 Å². The van der Waals surface area contributed by atoms with Crippen LogP contribution < -0.4 is 0 Å². The minimum atomic E-state index is -0.593. The Morgan fingerprint density at radius 2 is 1.29 bits per heavy atom. The molecule has 1 unspecified atom stereocenters. The minimum Gasteiger partial charge on any atom is -0.432 e. The van der Waals surface area contributed by atoms with Gasteiger partial charge in [0.15, 0.2) is 0 Å². The molecule has 0 aromatic rings. The van der Waals surface area contributed by atoms with Crippen molar-refractivity contribution in [2.45, 2.75) is 123 Å². The normalized spacial score (nSPS) is 12.1. The molecular formula is C24H45BrO3. The van der Waals surface area contributed by atoms with Crippen LogP contribution in [0.4, 0.5) is 0 Å². The van der Waals surface area contributed by atoms with E-state index in [0.29, 0.717) is 13.0 Å². The van der Waals surface area contributed by atoms with Crippen LogP contribution in [0.15, 0.2) is 12.2 Å². The van der Waals surface area contributed by atoms with Crippen molar-refractivity contribution in [2.75, 3.05) is 11.9 Å². The summed E-state index contributed by atoms with van der Waals surface area (Å²) in [6, 6.07) is 0. The van der Waals surface area contributed by atoms with E-state index in [9.17, 15) is 4.79 Å². The molecule has 0 aromatic carbocycles. The fourth-order valence-electron chi connectivity index (χ4n) is 3.15. The molecule has 0 aromatic heterocycles. The molecule has 1 atom stereocenters. The lowest BCUT2D eigenvalue weighted by molar-refractivity contribution is -0.171. The molecule has 3 nitrogen and oxygen atoms in total. The average Bonchev–Trinajstić information content (AvgIpc) is 2.68. The molecule has 0 saturated carbocycles. The van der Waals surface area contributed by atoms with Gasteiger partial charge in [0, 0.05) is 11.8 Å². The Hall–Kier alpha value is -0.350. The maximum Gasteiger partial charge on any atom is 0.308 e. The zero-order chi connectivity index (χ0) is 20.9. The molecule has 0 saturated heterocycles. The molecule has 0 rings (SSSR count). The smallest absolute Gasteiger partial charge is 0.308 e. The number of carbonyl (C=O) groups excluding carboxylic acids is 1. The van der Waals surface area contributed by atoms with Crippen LogP contribution in [0.3, 0.4) is 0 Å². The van der Waals surface area contributed by atoms with Crippen LogP contribution in [0.1, 0.15) is 117 Å². The summed E-state index contributed by atoms with van der Waals surface area (Å²) < 4.78 is 11.1. The number of hydrogen-bond donors (Lipinski definition) is 0. The summed E-state index contributed by atoms with van der Waals surface area (Å²) >= 11 is 3.32. The van der Waals surface area contributed by atoms with E-state index in [4.69, 9.17) is 9.47 Å². The van der Waals surface area contributed by atoms with Gasteiger partial charge in [-0.3, -0.25) is 4.79 Å². The second-order valence-electron chi connectivity index (χ2n) is 7.93. The number of halogens is 1. The van der Waals surface area contributed by atoms with Crippen LogP contribution in [0.25, 0.3) is 0 Å². The van der Waals surface area contributed by atoms with Crippen molar-refractivity contribution in [2.24, 2.45) is 0 Å². The molecule has 0 N–H and O–H groups in total. The maximum atomic E-state index is 11.7. The highest BCUT2D eigenvalue weighted by Gasteiger charge is 2.15. The predicted molar refractivity (Wildman–Crippen MR) is 124 cm³/mol. The summed E-state index contributed by atoms with van der Waals surface area (Å²) in [5.41, 5.74) is 0.748. The average molecular weight is 462 g/mol. The fourth-order valence-corrected chi connectivity index (χ4v) is 3.43. The fraction of sp³-hybridized carbons (Fsp3) is 0.875. The van der Waals surface area contributed by atoms with Gasteiger partial charge in [0.25, 0.3) is 0 Å². The number of esters is 1. The molecule has 0 aliphatic carbocycles. The van der Waals surface area contributed by atoms with E-state index in [1.165, 1.54) is 83.5 Å². The summed E-state index contributed by atoms with van der Waals surface area (Å²) in [7, 11) is 0. The predicted octanol–water partition coefficient (Wildman–Crippen LogP) is 8.10. The quantitative estimate of drug-likeness (QED) is 0.0569. The summed E-state index contributed by atoms with van der Waals surface area (Å²) in [4.78, 5) is 11.7. The largest absolute Gasteiger partial charge is 0.432 e. The van der Waals surface area contributed by atoms with E-state index in [-0.39, 0.29) is 5.97 Å². The van der Waals surface area contributed by atoms with Crippen molar-refractivity contribution in [1.82, 2.24) is 0 Å². The molecule has 0 heterocycles. The molecular weight excluding hydrogens is 416 g/mol. The standard InChI is InChI=1S/C24H45BrO3/c1-4-5-6-7-8-9-10-11-12-13-14-15-16-17-21-27-24(22(2)3)28-23(26)19-18-20-25/h24H,2,4-21H2,1,3H3. The maximum absolute atomic E-state index is 11.7. The molecule has 0 bridgehead atoms. The van der Waals surface area contributed by atoms with E-state index in [0.717, 1.165) is 23.7 Å². The molecule has 0 amide bonds. The van der Waals surface area contributed by atoms with Gasteiger partial charge in [-0.25, -0.2) is 0 Å². The number of ether oxygens (including phenoxy) is 2. The van der Waals surface area contributed by atoms with E-state index < -0.39 is 6.29 Å². The topological polar surface area (TPSA) is 35.5 Å². The number of carbonyl (C=O) groups is 1. The Kier molecular flexibility index (Phi) is 21.1. The molecule has 0 aliphatic rings. The van der Waals surface area contributed by atoms with Crippen LogP contribution in [0.2, 0.25) is 0 Å². The number of alkyl halides is 1. The van der Waals surface area contributed by atoms with E-state index in [2.05, 4.69) is 29.4 Å². The summed E-state index contributed by atoms with van der Waals surface area (Å²) in [5.74, 6) is -0.214. The van der Waals surface area contributed by atoms with E-state index >= 15 is 0 Å². The third-order valence-corrected chi connectivity index (χ3v) is 5.48. The third-order valence-electron chi connectivity index (χ3n) is 4.92. The van der Waals surface area contributed by atoms with Gasteiger partial charge in [-0.2, -0.15) is 0 Å². The van der Waals surface area contributed by atoms with E-state index in [1.54, 1.807) is 0 Å². The van der Waals surface area contributed by atoms with Crippen molar-refractivity contribution < 1.29 is 14.3 Å². The molecule has 0 spiro atoms. The molecule has 166 valence electrons. The molecule has 0 fully saturated rings. The highest BCUT2D eigenvalue weighted by Crippen LogP contribution is 2.14. The monoisotopic (exact) mass is 460 g/mol. The first-order valence-corrected chi connectivity index (χ1v) is 12.8. The van der Waals surface area contributed by atoms with Gasteiger partial charge in [-0.1, -0.05) is 113 Å². The first-order valence-electron chi connectivity index (χ1n) is 11.6. The SMILES string of the molecule is C=C(C)C(OCCCCCCCCCCCCCCCC)OC(=O)CCCBr. The Bertz CT molecular complexity index is 371. The van der Waals surface area contributed by atoms with Gasteiger partial charge in [0.2, 0.25) is 6.29 Å². The van der Waals surface area contributed by atoms with Crippen LogP contribution in [0, 0.1) is 0 Å². The lowest BCUT2D eigenvalue weighted by Gasteiger charge is -2.18. The molecule has 0 aliphatic heterocycles. The van der Waals surface area contributed by atoms with Crippen molar-refractivity contribution in [3.05, 3.63) is 12.2 Å². The molecule has 4 heteroatoms.